The minimum absolute atomic E-state index is 0.462. The summed E-state index contributed by atoms with van der Waals surface area (Å²) in [6, 6.07) is 9.62. The van der Waals surface area contributed by atoms with Gasteiger partial charge in [-0.05, 0) is 12.5 Å². The van der Waals surface area contributed by atoms with Crippen molar-refractivity contribution in [1.82, 2.24) is 20.1 Å². The summed E-state index contributed by atoms with van der Waals surface area (Å²) in [6.07, 6.45) is 1.66. The molecule has 0 aliphatic rings. The monoisotopic (exact) mass is 246 g/mol. The molecule has 0 fully saturated rings. The second-order valence-electron chi connectivity index (χ2n) is 4.60. The third-order valence-corrected chi connectivity index (χ3v) is 2.95. The highest BCUT2D eigenvalue weighted by Crippen LogP contribution is 2.18. The number of benzene rings is 1. The highest BCUT2D eigenvalue weighted by Gasteiger charge is 2.22. The molecule has 18 heavy (non-hydrogen) atoms. The number of aliphatic hydroxyl groups is 1. The van der Waals surface area contributed by atoms with Crippen LogP contribution in [0, 0.1) is 0 Å². The van der Waals surface area contributed by atoms with Gasteiger partial charge in [0.25, 0.3) is 0 Å². The maximum atomic E-state index is 10.4. The summed E-state index contributed by atoms with van der Waals surface area (Å²) < 4.78 is 1.85. The molecule has 0 spiro atoms. The first-order chi connectivity index (χ1) is 8.59. The molecule has 2 aromatic rings. The highest BCUT2D eigenvalue weighted by molar-refractivity contribution is 5.21. The van der Waals surface area contributed by atoms with E-state index in [0.29, 0.717) is 13.1 Å². The lowest BCUT2D eigenvalue weighted by atomic mass is 9.96. The molecule has 2 N–H and O–H groups in total. The maximum absolute atomic E-state index is 10.4. The number of nitrogens with zero attached hydrogens (tertiary/aromatic N) is 3. The van der Waals surface area contributed by atoms with Crippen molar-refractivity contribution in [1.29, 1.82) is 0 Å². The molecule has 1 atom stereocenters. The predicted molar refractivity (Wildman–Crippen MR) is 68.7 cm³/mol. The molecule has 0 amide bonds. The van der Waals surface area contributed by atoms with Crippen LogP contribution in [0.3, 0.4) is 0 Å². The van der Waals surface area contributed by atoms with Crippen molar-refractivity contribution >= 4 is 0 Å². The van der Waals surface area contributed by atoms with E-state index in [4.69, 9.17) is 0 Å². The summed E-state index contributed by atoms with van der Waals surface area (Å²) in [5.74, 6) is 0.846. The second kappa shape index (κ2) is 5.29. The molecule has 96 valence electrons. The van der Waals surface area contributed by atoms with Crippen LogP contribution in [-0.2, 0) is 19.2 Å². The lowest BCUT2D eigenvalue weighted by Crippen LogP contribution is -2.35. The van der Waals surface area contributed by atoms with Crippen molar-refractivity contribution in [2.45, 2.75) is 19.1 Å². The first kappa shape index (κ1) is 12.7. The Labute approximate surface area is 106 Å². The van der Waals surface area contributed by atoms with Crippen molar-refractivity contribution in [2.75, 3.05) is 6.54 Å². The summed E-state index contributed by atoms with van der Waals surface area (Å²) >= 11 is 0. The van der Waals surface area contributed by atoms with E-state index < -0.39 is 5.60 Å². The van der Waals surface area contributed by atoms with E-state index in [1.165, 1.54) is 0 Å². The molecular weight excluding hydrogens is 228 g/mol. The summed E-state index contributed by atoms with van der Waals surface area (Å²) in [6.45, 7) is 2.84. The summed E-state index contributed by atoms with van der Waals surface area (Å²) in [7, 11) is 1.90. The Morgan fingerprint density at radius 1 is 1.33 bits per heavy atom. The van der Waals surface area contributed by atoms with Crippen LogP contribution in [-0.4, -0.2) is 26.4 Å². The fourth-order valence-electron chi connectivity index (χ4n) is 1.78. The zero-order valence-corrected chi connectivity index (χ0v) is 10.7. The van der Waals surface area contributed by atoms with Crippen LogP contribution >= 0.6 is 0 Å². The van der Waals surface area contributed by atoms with Gasteiger partial charge >= 0.3 is 0 Å². The number of aromatic nitrogens is 3. The van der Waals surface area contributed by atoms with Gasteiger partial charge in [-0.15, -0.1) is 10.2 Å². The first-order valence-electron chi connectivity index (χ1n) is 5.91. The molecule has 0 saturated heterocycles. The van der Waals surface area contributed by atoms with E-state index in [0.717, 1.165) is 11.4 Å². The Balaban J connectivity index is 1.92. The molecule has 5 nitrogen and oxygen atoms in total. The van der Waals surface area contributed by atoms with Crippen LogP contribution in [0.1, 0.15) is 18.3 Å². The zero-order valence-electron chi connectivity index (χ0n) is 10.7. The number of aryl methyl sites for hydroxylation is 1. The van der Waals surface area contributed by atoms with Crippen LogP contribution in [0.5, 0.6) is 0 Å². The van der Waals surface area contributed by atoms with E-state index >= 15 is 0 Å². The third kappa shape index (κ3) is 2.94. The zero-order chi connectivity index (χ0) is 13.0. The third-order valence-electron chi connectivity index (χ3n) is 2.95. The number of hydrogen-bond donors (Lipinski definition) is 2. The molecule has 0 saturated carbocycles. The Bertz CT molecular complexity index is 493. The Morgan fingerprint density at radius 3 is 2.67 bits per heavy atom. The van der Waals surface area contributed by atoms with Crippen LogP contribution in [0.2, 0.25) is 0 Å². The minimum atomic E-state index is -0.889. The molecule has 5 heteroatoms. The Hall–Kier alpha value is -1.72. The minimum Gasteiger partial charge on any atom is -0.384 e. The largest absolute Gasteiger partial charge is 0.384 e. The van der Waals surface area contributed by atoms with Gasteiger partial charge in [-0.3, -0.25) is 0 Å². The SMILES string of the molecule is Cn1cnnc1CNCC(C)(O)c1ccccc1. The summed E-state index contributed by atoms with van der Waals surface area (Å²) in [5, 5.41) is 21.4. The molecule has 1 aromatic carbocycles. The van der Waals surface area contributed by atoms with E-state index in [2.05, 4.69) is 15.5 Å². The van der Waals surface area contributed by atoms with Crippen LogP contribution in [0.25, 0.3) is 0 Å². The van der Waals surface area contributed by atoms with Gasteiger partial charge in [0.2, 0.25) is 0 Å². The topological polar surface area (TPSA) is 63.0 Å². The summed E-state index contributed by atoms with van der Waals surface area (Å²) in [4.78, 5) is 0. The van der Waals surface area contributed by atoms with Gasteiger partial charge in [-0.1, -0.05) is 30.3 Å². The fraction of sp³-hybridized carbons (Fsp3) is 0.385. The van der Waals surface area contributed by atoms with Gasteiger partial charge in [0.15, 0.2) is 0 Å². The van der Waals surface area contributed by atoms with Gasteiger partial charge in [0.1, 0.15) is 12.2 Å². The molecule has 1 aromatic heterocycles. The van der Waals surface area contributed by atoms with E-state index in [1.807, 2.05) is 41.9 Å². The highest BCUT2D eigenvalue weighted by atomic mass is 16.3. The van der Waals surface area contributed by atoms with Gasteiger partial charge in [0, 0.05) is 13.6 Å². The molecule has 1 heterocycles. The standard InChI is InChI=1S/C13H18N4O/c1-13(18,11-6-4-3-5-7-11)9-14-8-12-16-15-10-17(12)2/h3-7,10,14,18H,8-9H2,1-2H3. The van der Waals surface area contributed by atoms with Gasteiger partial charge < -0.3 is 15.0 Å². The van der Waals surface area contributed by atoms with Gasteiger partial charge in [0.05, 0.1) is 12.1 Å². The molecule has 0 radical (unpaired) electrons. The average molecular weight is 246 g/mol. The van der Waals surface area contributed by atoms with Crippen molar-refractivity contribution in [3.63, 3.8) is 0 Å². The molecule has 2 rings (SSSR count). The number of rotatable bonds is 5. The fourth-order valence-corrected chi connectivity index (χ4v) is 1.78. The van der Waals surface area contributed by atoms with Crippen molar-refractivity contribution in [3.05, 3.63) is 48.0 Å². The van der Waals surface area contributed by atoms with Crippen LogP contribution in [0.4, 0.5) is 0 Å². The van der Waals surface area contributed by atoms with Crippen LogP contribution < -0.4 is 5.32 Å². The van der Waals surface area contributed by atoms with Crippen molar-refractivity contribution in [3.8, 4) is 0 Å². The van der Waals surface area contributed by atoms with E-state index in [1.54, 1.807) is 13.3 Å². The number of nitrogens with one attached hydrogen (secondary N) is 1. The van der Waals surface area contributed by atoms with Crippen molar-refractivity contribution in [2.24, 2.45) is 7.05 Å². The van der Waals surface area contributed by atoms with E-state index in [9.17, 15) is 5.11 Å². The molecule has 0 aliphatic carbocycles. The van der Waals surface area contributed by atoms with E-state index in [-0.39, 0.29) is 0 Å². The van der Waals surface area contributed by atoms with Crippen molar-refractivity contribution < 1.29 is 5.11 Å². The molecular formula is C13H18N4O. The smallest absolute Gasteiger partial charge is 0.146 e. The Kier molecular flexibility index (Phi) is 3.74. The molecule has 1 unspecified atom stereocenters. The van der Waals surface area contributed by atoms with Gasteiger partial charge in [-0.2, -0.15) is 0 Å². The predicted octanol–water partition coefficient (Wildman–Crippen LogP) is 0.812. The quantitative estimate of drug-likeness (QED) is 0.819. The Morgan fingerprint density at radius 2 is 2.06 bits per heavy atom. The van der Waals surface area contributed by atoms with Crippen LogP contribution in [0.15, 0.2) is 36.7 Å². The second-order valence-corrected chi connectivity index (χ2v) is 4.60. The molecule has 0 bridgehead atoms. The normalized spacial score (nSPS) is 14.4. The maximum Gasteiger partial charge on any atom is 0.146 e. The van der Waals surface area contributed by atoms with Gasteiger partial charge in [-0.25, -0.2) is 0 Å². The lowest BCUT2D eigenvalue weighted by Gasteiger charge is -2.24. The number of hydrogen-bond acceptors (Lipinski definition) is 4. The first-order valence-corrected chi connectivity index (χ1v) is 5.91. The molecule has 0 aliphatic heterocycles. The lowest BCUT2D eigenvalue weighted by molar-refractivity contribution is 0.0564. The summed E-state index contributed by atoms with van der Waals surface area (Å²) in [5.41, 5.74) is 0.00954. The average Bonchev–Trinajstić information content (AvgIpc) is 2.76.